The first-order valence-corrected chi connectivity index (χ1v) is 8.88. The Bertz CT molecular complexity index is 561. The summed E-state index contributed by atoms with van der Waals surface area (Å²) in [5, 5.41) is 0. The first-order valence-electron chi connectivity index (χ1n) is 8.88. The van der Waals surface area contributed by atoms with Gasteiger partial charge in [-0.05, 0) is 30.4 Å². The van der Waals surface area contributed by atoms with E-state index in [-0.39, 0.29) is 69.3 Å². The predicted molar refractivity (Wildman–Crippen MR) is 97.1 cm³/mol. The largest absolute Gasteiger partial charge is 0.750 e. The van der Waals surface area contributed by atoms with Crippen molar-refractivity contribution in [1.29, 1.82) is 0 Å². The molecule has 3 nitrogen and oxygen atoms in total. The Labute approximate surface area is 197 Å². The maximum absolute atomic E-state index is 12.1. The zero-order valence-electron chi connectivity index (χ0n) is 16.6. The fraction of sp³-hybridized carbons (Fsp3) is 0.600. The average molecular weight is 637 g/mol. The third-order valence-electron chi connectivity index (χ3n) is 3.89. The van der Waals surface area contributed by atoms with Gasteiger partial charge in [0.1, 0.15) is 0 Å². The number of aromatic nitrogens is 1. The molecule has 2 rings (SSSR count). The van der Waals surface area contributed by atoms with Crippen LogP contribution >= 0.6 is 0 Å². The molecule has 1 fully saturated rings. The van der Waals surface area contributed by atoms with Crippen LogP contribution in [0.4, 0.5) is 0 Å². The second-order valence-corrected chi connectivity index (χ2v) is 5.28. The van der Waals surface area contributed by atoms with Crippen molar-refractivity contribution in [3.05, 3.63) is 45.4 Å². The number of pyridine rings is 1. The minimum Gasteiger partial charge on any atom is -0.750 e. The molecule has 5 heteroatoms. The van der Waals surface area contributed by atoms with Crippen LogP contribution in [0.3, 0.4) is 0 Å². The molecule has 0 spiro atoms. The standard InChI is InChI=1S/C16H19NO2.2C2H6.La.Ta/c1-11-10-17-16(19)15(12(11)2)14(18)9-8-13-6-4-3-5-7-13;2*1-2;;/h8-9,13H,3-7H2,1-2H3;2*1-2H3;;/q-2;;;;/b9-8+;;;;. The number of aryl methyl sites for hydroxylation is 1. The van der Waals surface area contributed by atoms with E-state index in [1.807, 2.05) is 40.7 Å². The van der Waals surface area contributed by atoms with E-state index in [1.54, 1.807) is 13.0 Å². The van der Waals surface area contributed by atoms with E-state index in [0.717, 1.165) is 18.4 Å². The van der Waals surface area contributed by atoms with Crippen molar-refractivity contribution in [2.45, 2.75) is 73.6 Å². The van der Waals surface area contributed by atoms with Crippen molar-refractivity contribution < 1.29 is 62.8 Å². The van der Waals surface area contributed by atoms with Crippen LogP contribution < -0.4 is 10.5 Å². The minimum absolute atomic E-state index is 0. The topological polar surface area (TPSA) is 48.2 Å². The van der Waals surface area contributed by atoms with E-state index in [9.17, 15) is 9.59 Å². The zero-order valence-corrected chi connectivity index (χ0v) is 23.4. The maximum Gasteiger partial charge on any atom is 0.163 e. The van der Waals surface area contributed by atoms with Gasteiger partial charge in [0.2, 0.25) is 0 Å². The third kappa shape index (κ3) is 10.3. The number of nitrogens with zero attached hydrogens (tertiary/aromatic N) is 1. The van der Waals surface area contributed by atoms with Crippen LogP contribution in [-0.2, 0) is 22.4 Å². The molecule has 0 saturated heterocycles. The van der Waals surface area contributed by atoms with Gasteiger partial charge in [-0.1, -0.05) is 72.4 Å². The summed E-state index contributed by atoms with van der Waals surface area (Å²) in [4.78, 5) is 27.4. The summed E-state index contributed by atoms with van der Waals surface area (Å²) in [6.45, 7) is 11.6. The van der Waals surface area contributed by atoms with Gasteiger partial charge >= 0.3 is 0 Å². The van der Waals surface area contributed by atoms with Crippen LogP contribution in [0, 0.1) is 61.6 Å². The van der Waals surface area contributed by atoms with Crippen molar-refractivity contribution in [1.82, 2.24) is 4.98 Å². The first kappa shape index (κ1) is 30.0. The van der Waals surface area contributed by atoms with Crippen molar-refractivity contribution in [2.75, 3.05) is 0 Å². The van der Waals surface area contributed by atoms with E-state index >= 15 is 0 Å². The molecule has 1 aromatic heterocycles. The quantitative estimate of drug-likeness (QED) is 0.272. The minimum atomic E-state index is -0.471. The molecule has 1 aliphatic rings. The third-order valence-corrected chi connectivity index (χ3v) is 3.89. The molecule has 1 heterocycles. The molecule has 1 aliphatic carbocycles. The molecule has 2 radical (unpaired) electrons. The molecular weight excluding hydrogens is 606 g/mol. The normalized spacial score (nSPS) is 13.4. The molecule has 0 atom stereocenters. The molecule has 25 heavy (non-hydrogen) atoms. The van der Waals surface area contributed by atoms with Crippen LogP contribution in [-0.4, -0.2) is 5.78 Å². The van der Waals surface area contributed by atoms with Gasteiger partial charge in [0, 0.05) is 58.0 Å². The molecule has 138 valence electrons. The fourth-order valence-corrected chi connectivity index (χ4v) is 2.55. The number of allylic oxidation sites excluding steroid dienone is 2. The Morgan fingerprint density at radius 1 is 1.08 bits per heavy atom. The number of carbonyl (C=O) groups excluding carboxylic acids is 1. The monoisotopic (exact) mass is 637 g/mol. The predicted octanol–water partition coefficient (Wildman–Crippen LogP) is 4.79. The van der Waals surface area contributed by atoms with E-state index in [1.165, 1.54) is 19.3 Å². The molecule has 0 N–H and O–H groups in total. The Morgan fingerprint density at radius 2 is 1.60 bits per heavy atom. The fourth-order valence-electron chi connectivity index (χ4n) is 2.55. The summed E-state index contributed by atoms with van der Waals surface area (Å²) < 4.78 is 0. The van der Waals surface area contributed by atoms with Crippen molar-refractivity contribution in [3.8, 4) is 0 Å². The molecule has 0 bridgehead atoms. The summed E-state index contributed by atoms with van der Waals surface area (Å²) in [5.41, 5.74) is 1.18. The summed E-state index contributed by atoms with van der Waals surface area (Å²) in [6, 6.07) is 0. The molecule has 0 unspecified atom stereocenters. The number of carbonyl (C=O) groups is 1. The smallest absolute Gasteiger partial charge is 0.163 e. The van der Waals surface area contributed by atoms with Gasteiger partial charge in [0.05, 0.1) is 0 Å². The Hall–Kier alpha value is 0.295. The van der Waals surface area contributed by atoms with Gasteiger partial charge < -0.3 is 16.0 Å². The Kier molecular flexibility index (Phi) is 21.3. The summed E-state index contributed by atoms with van der Waals surface area (Å²) >= 11 is 0. The van der Waals surface area contributed by atoms with Crippen LogP contribution in [0.25, 0.3) is 0 Å². The Morgan fingerprint density at radius 3 is 2.12 bits per heavy atom. The number of hydrogen-bond acceptors (Lipinski definition) is 2. The van der Waals surface area contributed by atoms with Crippen LogP contribution in [0.1, 0.15) is 81.3 Å². The van der Waals surface area contributed by atoms with Crippen LogP contribution in [0.2, 0.25) is 0 Å². The summed E-state index contributed by atoms with van der Waals surface area (Å²) in [7, 11) is 0. The second-order valence-electron chi connectivity index (χ2n) is 5.28. The van der Waals surface area contributed by atoms with Gasteiger partial charge in [-0.2, -0.15) is 5.56 Å². The maximum atomic E-state index is 12.1. The zero-order chi connectivity index (χ0) is 17.8. The summed E-state index contributed by atoms with van der Waals surface area (Å²) in [5.74, 6) is 0.259. The van der Waals surface area contributed by atoms with Gasteiger partial charge in [0.25, 0.3) is 0 Å². The SMILES string of the molecule is CC.CC.Cc1[c-][n-]c(=O)c(C(=O)/C=C/C2CCCCC2)c1C.[La].[Ta]. The molecular formula is C20H31LaNO2Ta-2. The van der Waals surface area contributed by atoms with Gasteiger partial charge in [-0.25, -0.2) is 0 Å². The van der Waals surface area contributed by atoms with E-state index in [0.29, 0.717) is 11.5 Å². The summed E-state index contributed by atoms with van der Waals surface area (Å²) in [6.07, 6.45) is 12.2. The number of rotatable bonds is 3. The van der Waals surface area contributed by atoms with Gasteiger partial charge in [-0.3, -0.25) is 4.79 Å². The number of ketones is 1. The molecule has 1 saturated carbocycles. The van der Waals surface area contributed by atoms with E-state index in [4.69, 9.17) is 0 Å². The Balaban J connectivity index is -0.000000752. The van der Waals surface area contributed by atoms with Gasteiger partial charge in [-0.15, -0.1) is 5.56 Å². The van der Waals surface area contributed by atoms with Crippen LogP contribution in [0.15, 0.2) is 16.9 Å². The van der Waals surface area contributed by atoms with Crippen molar-refractivity contribution in [2.24, 2.45) is 5.92 Å². The second kappa shape index (κ2) is 17.7. The molecule has 0 aliphatic heterocycles. The van der Waals surface area contributed by atoms with Crippen molar-refractivity contribution in [3.63, 3.8) is 0 Å². The first-order chi connectivity index (χ1) is 11.1. The average Bonchev–Trinajstić information content (AvgIpc) is 2.61. The van der Waals surface area contributed by atoms with E-state index < -0.39 is 5.56 Å². The van der Waals surface area contributed by atoms with Crippen LogP contribution in [0.5, 0.6) is 0 Å². The van der Waals surface area contributed by atoms with E-state index in [2.05, 4.69) is 11.2 Å². The molecule has 0 amide bonds. The molecule has 1 aromatic rings. The number of hydrogen-bond donors (Lipinski definition) is 0. The van der Waals surface area contributed by atoms with Gasteiger partial charge in [0.15, 0.2) is 5.78 Å². The van der Waals surface area contributed by atoms with Crippen molar-refractivity contribution >= 4 is 5.78 Å². The molecule has 0 aromatic carbocycles.